The number of amides is 1. The molecule has 2 bridgehead atoms. The Labute approximate surface area is 238 Å². The number of nitrogens with zero attached hydrogens (tertiary/aromatic N) is 1. The second-order valence-electron chi connectivity index (χ2n) is 13.0. The lowest BCUT2D eigenvalue weighted by Gasteiger charge is -2.41. The Kier molecular flexibility index (Phi) is 8.66. The molecule has 0 radical (unpaired) electrons. The van der Waals surface area contributed by atoms with Gasteiger partial charge in [-0.3, -0.25) is 4.90 Å². The van der Waals surface area contributed by atoms with E-state index in [2.05, 4.69) is 49.7 Å². The summed E-state index contributed by atoms with van der Waals surface area (Å²) in [5.74, 6) is 0. The van der Waals surface area contributed by atoms with Crippen molar-refractivity contribution in [2.75, 3.05) is 19.7 Å². The molecule has 0 spiro atoms. The minimum absolute atomic E-state index is 0.0266. The first-order valence-corrected chi connectivity index (χ1v) is 14.5. The molecular formula is C33H44N2O5. The predicted molar refractivity (Wildman–Crippen MR) is 154 cm³/mol. The molecule has 7 heteroatoms. The number of aliphatic hydroxyl groups is 1. The fraction of sp³-hybridized carbons (Fsp3) is 0.545. The van der Waals surface area contributed by atoms with Crippen molar-refractivity contribution >= 4 is 6.09 Å². The van der Waals surface area contributed by atoms with Gasteiger partial charge in [-0.25, -0.2) is 4.79 Å². The first kappa shape index (κ1) is 28.8. The number of hydrogen-bond donors (Lipinski definition) is 2. The lowest BCUT2D eigenvalue weighted by Crippen LogP contribution is -2.42. The predicted octanol–water partition coefficient (Wildman–Crippen LogP) is 6.04. The van der Waals surface area contributed by atoms with E-state index in [1.165, 1.54) is 25.3 Å². The minimum atomic E-state index is -0.491. The van der Waals surface area contributed by atoms with Crippen molar-refractivity contribution in [2.24, 2.45) is 10.8 Å². The summed E-state index contributed by atoms with van der Waals surface area (Å²) in [6.07, 6.45) is 5.07. The quantitative estimate of drug-likeness (QED) is 0.372. The first-order chi connectivity index (χ1) is 19.1. The number of nitrogens with one attached hydrogen (secondary N) is 1. The number of fused-ring (bicyclic) bond motifs is 2. The second kappa shape index (κ2) is 12.0. The fourth-order valence-corrected chi connectivity index (χ4v) is 7.24. The summed E-state index contributed by atoms with van der Waals surface area (Å²) in [6.45, 7) is 13.4. The van der Waals surface area contributed by atoms with E-state index in [0.29, 0.717) is 23.4 Å². The number of ether oxygens (including phenoxy) is 3. The summed E-state index contributed by atoms with van der Waals surface area (Å²) in [5, 5.41) is 12.3. The molecule has 2 unspecified atom stereocenters. The topological polar surface area (TPSA) is 80.3 Å². The van der Waals surface area contributed by atoms with Crippen molar-refractivity contribution in [1.82, 2.24) is 10.2 Å². The third-order valence-corrected chi connectivity index (χ3v) is 8.60. The lowest BCUT2D eigenvalue weighted by molar-refractivity contribution is -0.253. The summed E-state index contributed by atoms with van der Waals surface area (Å²) >= 11 is 0. The molecule has 0 aromatic heterocycles. The van der Waals surface area contributed by atoms with E-state index in [0.717, 1.165) is 41.8 Å². The largest absolute Gasteiger partial charge is 0.445 e. The van der Waals surface area contributed by atoms with Gasteiger partial charge in [-0.2, -0.15) is 0 Å². The van der Waals surface area contributed by atoms with E-state index in [9.17, 15) is 9.90 Å². The van der Waals surface area contributed by atoms with E-state index < -0.39 is 12.4 Å². The number of alkyl carbamates (subject to hydrolysis) is 1. The molecule has 5 atom stereocenters. The molecule has 2 saturated heterocycles. The highest BCUT2D eigenvalue weighted by atomic mass is 16.7. The molecule has 3 fully saturated rings. The van der Waals surface area contributed by atoms with Crippen LogP contribution >= 0.6 is 0 Å². The van der Waals surface area contributed by atoms with Crippen LogP contribution in [0.15, 0.2) is 61.2 Å². The van der Waals surface area contributed by atoms with Gasteiger partial charge in [0, 0.05) is 37.7 Å². The minimum Gasteiger partial charge on any atom is -0.445 e. The summed E-state index contributed by atoms with van der Waals surface area (Å²) in [5.41, 5.74) is 4.65. The Balaban J connectivity index is 1.30. The molecule has 5 rings (SSSR count). The van der Waals surface area contributed by atoms with Crippen LogP contribution in [0.25, 0.3) is 0 Å². The van der Waals surface area contributed by atoms with E-state index in [1.54, 1.807) is 0 Å². The summed E-state index contributed by atoms with van der Waals surface area (Å²) in [6, 6.07) is 16.6. The SMILES string of the molecule is C=CCOC(=O)NCc1ccc([C@@H]2O[C@H](CN3CC4(C)CC3CC(C)(C)C4)C[C@H](c3ccc(CO)cc3)O2)cc1. The van der Waals surface area contributed by atoms with Crippen molar-refractivity contribution in [3.05, 3.63) is 83.4 Å². The number of carbonyl (C=O) groups excluding carboxylic acids is 1. The van der Waals surface area contributed by atoms with Crippen molar-refractivity contribution in [1.29, 1.82) is 0 Å². The van der Waals surface area contributed by atoms with Crippen LogP contribution in [-0.2, 0) is 27.4 Å². The Hall–Kier alpha value is -2.71. The number of aliphatic hydroxyl groups excluding tert-OH is 1. The Morgan fingerprint density at radius 1 is 1.07 bits per heavy atom. The smallest absolute Gasteiger partial charge is 0.407 e. The van der Waals surface area contributed by atoms with Crippen LogP contribution in [0.2, 0.25) is 0 Å². The van der Waals surface area contributed by atoms with Crippen LogP contribution in [0.4, 0.5) is 4.79 Å². The molecule has 2 heterocycles. The van der Waals surface area contributed by atoms with Crippen molar-refractivity contribution in [2.45, 2.75) is 84.1 Å². The summed E-state index contributed by atoms with van der Waals surface area (Å²) < 4.78 is 18.2. The maximum absolute atomic E-state index is 11.8. The van der Waals surface area contributed by atoms with Crippen LogP contribution in [0.1, 0.15) is 81.1 Å². The highest BCUT2D eigenvalue weighted by Gasteiger charge is 2.50. The van der Waals surface area contributed by atoms with Gasteiger partial charge < -0.3 is 24.6 Å². The third kappa shape index (κ3) is 6.95. The first-order valence-electron chi connectivity index (χ1n) is 14.5. The van der Waals surface area contributed by atoms with Crippen molar-refractivity contribution < 1.29 is 24.1 Å². The Morgan fingerprint density at radius 2 is 1.77 bits per heavy atom. The molecule has 2 aromatic rings. The van der Waals surface area contributed by atoms with Crippen LogP contribution in [0.3, 0.4) is 0 Å². The van der Waals surface area contributed by atoms with Crippen molar-refractivity contribution in [3.8, 4) is 0 Å². The van der Waals surface area contributed by atoms with Gasteiger partial charge in [-0.1, -0.05) is 82.0 Å². The number of rotatable bonds is 9. The van der Waals surface area contributed by atoms with Gasteiger partial charge in [0.25, 0.3) is 0 Å². The molecule has 2 aromatic carbocycles. The van der Waals surface area contributed by atoms with E-state index in [1.807, 2.05) is 36.4 Å². The van der Waals surface area contributed by atoms with Crippen molar-refractivity contribution in [3.63, 3.8) is 0 Å². The molecule has 216 valence electrons. The van der Waals surface area contributed by atoms with Gasteiger partial charge in [0.05, 0.1) is 18.8 Å². The van der Waals surface area contributed by atoms with Gasteiger partial charge in [0.2, 0.25) is 0 Å². The Morgan fingerprint density at radius 3 is 2.48 bits per heavy atom. The molecule has 1 aliphatic carbocycles. The van der Waals surface area contributed by atoms with E-state index >= 15 is 0 Å². The standard InChI is InChI=1S/C33H44N2O5/c1-5-14-38-31(37)34-18-23-6-12-26(13-7-23)30-39-28(15-29(40-30)25-10-8-24(20-36)9-11-25)19-35-22-33(4)17-27(35)16-32(2,3)21-33/h5-13,27-30,36H,1,14-22H2,2-4H3,(H,34,37)/t27?,28-,29+,30+,33?/m0/s1. The van der Waals surface area contributed by atoms with Crippen LogP contribution in [-0.4, -0.2) is 47.9 Å². The highest BCUT2D eigenvalue weighted by Crippen LogP contribution is 2.53. The average Bonchev–Trinajstić information content (AvgIpc) is 3.17. The summed E-state index contributed by atoms with van der Waals surface area (Å²) in [4.78, 5) is 14.4. The Bertz CT molecular complexity index is 1160. The van der Waals surface area contributed by atoms with Gasteiger partial charge >= 0.3 is 6.09 Å². The normalized spacial score (nSPS) is 29.6. The number of carbonyl (C=O) groups is 1. The number of benzene rings is 2. The average molecular weight is 549 g/mol. The molecule has 40 heavy (non-hydrogen) atoms. The van der Waals surface area contributed by atoms with Gasteiger partial charge in [0.1, 0.15) is 6.61 Å². The molecule has 3 aliphatic rings. The molecule has 1 saturated carbocycles. The maximum atomic E-state index is 11.8. The van der Waals surface area contributed by atoms with Crippen LogP contribution in [0.5, 0.6) is 0 Å². The molecule has 2 N–H and O–H groups in total. The maximum Gasteiger partial charge on any atom is 0.407 e. The van der Waals surface area contributed by atoms with E-state index in [4.69, 9.17) is 14.2 Å². The second-order valence-corrected chi connectivity index (χ2v) is 13.0. The zero-order valence-electron chi connectivity index (χ0n) is 24.1. The number of hydrogen-bond acceptors (Lipinski definition) is 6. The van der Waals surface area contributed by atoms with E-state index in [-0.39, 0.29) is 25.4 Å². The van der Waals surface area contributed by atoms with Crippen LogP contribution in [0, 0.1) is 10.8 Å². The molecular weight excluding hydrogens is 504 g/mol. The van der Waals surface area contributed by atoms with Crippen LogP contribution < -0.4 is 5.32 Å². The lowest BCUT2D eigenvalue weighted by atomic mass is 9.65. The summed E-state index contributed by atoms with van der Waals surface area (Å²) in [7, 11) is 0. The highest BCUT2D eigenvalue weighted by molar-refractivity contribution is 5.67. The van der Waals surface area contributed by atoms with Gasteiger partial charge in [-0.15, -0.1) is 0 Å². The van der Waals surface area contributed by atoms with Gasteiger partial charge in [0.15, 0.2) is 6.29 Å². The fourth-order valence-electron chi connectivity index (χ4n) is 7.24. The molecule has 1 amide bonds. The third-order valence-electron chi connectivity index (χ3n) is 8.60. The zero-order chi connectivity index (χ0) is 28.3. The van der Waals surface area contributed by atoms with Gasteiger partial charge in [-0.05, 0) is 46.8 Å². The monoisotopic (exact) mass is 548 g/mol. The molecule has 2 aliphatic heterocycles. The zero-order valence-corrected chi connectivity index (χ0v) is 24.1. The number of likely N-dealkylation sites (tertiary alicyclic amines) is 1. The molecule has 7 nitrogen and oxygen atoms in total.